The molecule has 0 spiro atoms. The molecule has 0 radical (unpaired) electrons. The van der Waals surface area contributed by atoms with Gasteiger partial charge in [0.25, 0.3) is 0 Å². The Morgan fingerprint density at radius 3 is 2.59 bits per heavy atom. The van der Waals surface area contributed by atoms with Gasteiger partial charge >= 0.3 is 0 Å². The van der Waals surface area contributed by atoms with Crippen LogP contribution in [-0.2, 0) is 0 Å². The number of nitrogens with zero attached hydrogens (tertiary/aromatic N) is 3. The summed E-state index contributed by atoms with van der Waals surface area (Å²) in [5.74, 6) is 1.51. The molecule has 0 N–H and O–H groups in total. The van der Waals surface area contributed by atoms with Crippen LogP contribution < -0.4 is 14.3 Å². The van der Waals surface area contributed by atoms with Crippen molar-refractivity contribution in [2.24, 2.45) is 10.1 Å². The first-order chi connectivity index (χ1) is 14.2. The van der Waals surface area contributed by atoms with Crippen LogP contribution in [0.5, 0.6) is 11.5 Å². The van der Waals surface area contributed by atoms with Crippen molar-refractivity contribution in [1.29, 1.82) is 0 Å². The van der Waals surface area contributed by atoms with Gasteiger partial charge in [-0.15, -0.1) is 11.3 Å². The van der Waals surface area contributed by atoms with Gasteiger partial charge in [0, 0.05) is 23.6 Å². The summed E-state index contributed by atoms with van der Waals surface area (Å²) in [6.45, 7) is 0. The molecule has 3 aromatic carbocycles. The van der Waals surface area contributed by atoms with E-state index in [1.54, 1.807) is 21.3 Å². The van der Waals surface area contributed by atoms with Crippen LogP contribution >= 0.6 is 11.3 Å². The quantitative estimate of drug-likeness (QED) is 0.450. The highest BCUT2D eigenvalue weighted by Gasteiger charge is 2.14. The number of hydrogen-bond acceptors (Lipinski definition) is 5. The molecule has 29 heavy (non-hydrogen) atoms. The van der Waals surface area contributed by atoms with Crippen molar-refractivity contribution in [3.8, 4) is 22.8 Å². The molecule has 0 bridgehead atoms. The second-order valence-corrected chi connectivity index (χ2v) is 7.15. The van der Waals surface area contributed by atoms with Gasteiger partial charge in [0.1, 0.15) is 11.5 Å². The lowest BCUT2D eigenvalue weighted by molar-refractivity contribution is 0.404. The van der Waals surface area contributed by atoms with Gasteiger partial charge < -0.3 is 9.47 Å². The fourth-order valence-electron chi connectivity index (χ4n) is 3.25. The average Bonchev–Trinajstić information content (AvgIpc) is 3.19. The SMILES string of the molecule is CN=c1scc(-c2cc(OC)ccc2OC)n1N=Cc1cccc2ccccc12. The normalized spacial score (nSPS) is 12.0. The fourth-order valence-corrected chi connectivity index (χ4v) is 4.04. The molecule has 0 unspecified atom stereocenters. The van der Waals surface area contributed by atoms with Crippen molar-refractivity contribution >= 4 is 28.3 Å². The van der Waals surface area contributed by atoms with Gasteiger partial charge in [-0.25, -0.2) is 4.68 Å². The molecule has 0 atom stereocenters. The number of aromatic nitrogens is 1. The maximum Gasteiger partial charge on any atom is 0.205 e. The van der Waals surface area contributed by atoms with E-state index >= 15 is 0 Å². The zero-order valence-corrected chi connectivity index (χ0v) is 17.3. The maximum absolute atomic E-state index is 5.57. The molecule has 4 rings (SSSR count). The summed E-state index contributed by atoms with van der Waals surface area (Å²) < 4.78 is 12.8. The van der Waals surface area contributed by atoms with Crippen LogP contribution in [-0.4, -0.2) is 32.2 Å². The first kappa shape index (κ1) is 19.0. The Hall–Kier alpha value is -3.38. The van der Waals surface area contributed by atoms with Crippen LogP contribution in [0, 0.1) is 0 Å². The molecule has 1 aromatic heterocycles. The van der Waals surface area contributed by atoms with E-state index in [0.29, 0.717) is 0 Å². The molecule has 4 aromatic rings. The minimum Gasteiger partial charge on any atom is -0.497 e. The Morgan fingerprint density at radius 2 is 1.79 bits per heavy atom. The summed E-state index contributed by atoms with van der Waals surface area (Å²) in [5, 5.41) is 9.14. The second-order valence-electron chi connectivity index (χ2n) is 6.32. The molecule has 0 aliphatic rings. The van der Waals surface area contributed by atoms with E-state index in [0.717, 1.165) is 38.5 Å². The van der Waals surface area contributed by atoms with Crippen LogP contribution in [0.25, 0.3) is 22.0 Å². The van der Waals surface area contributed by atoms with Gasteiger partial charge in [-0.05, 0) is 29.0 Å². The molecular formula is C23H21N3O2S. The van der Waals surface area contributed by atoms with E-state index in [-0.39, 0.29) is 0 Å². The highest BCUT2D eigenvalue weighted by molar-refractivity contribution is 7.07. The third kappa shape index (κ3) is 3.67. The van der Waals surface area contributed by atoms with E-state index in [1.807, 2.05) is 52.7 Å². The number of hydrogen-bond donors (Lipinski definition) is 0. The Bertz CT molecular complexity index is 1250. The van der Waals surface area contributed by atoms with Crippen LogP contribution in [0.1, 0.15) is 5.56 Å². The summed E-state index contributed by atoms with van der Waals surface area (Å²) in [6.07, 6.45) is 1.87. The zero-order valence-electron chi connectivity index (χ0n) is 16.5. The summed E-state index contributed by atoms with van der Waals surface area (Å²) in [4.78, 5) is 5.18. The fraction of sp³-hybridized carbons (Fsp3) is 0.130. The third-order valence-corrected chi connectivity index (χ3v) is 5.60. The van der Waals surface area contributed by atoms with Crippen LogP contribution in [0.15, 0.2) is 76.1 Å². The molecule has 0 fully saturated rings. The van der Waals surface area contributed by atoms with Gasteiger partial charge in [0.05, 0.1) is 26.1 Å². The molecule has 0 saturated heterocycles. The summed E-state index contributed by atoms with van der Waals surface area (Å²) in [5.41, 5.74) is 2.84. The summed E-state index contributed by atoms with van der Waals surface area (Å²) in [7, 11) is 5.08. The average molecular weight is 404 g/mol. The van der Waals surface area contributed by atoms with Gasteiger partial charge in [-0.2, -0.15) is 5.10 Å². The number of methoxy groups -OCH3 is 2. The molecular weight excluding hydrogens is 382 g/mol. The van der Waals surface area contributed by atoms with E-state index in [9.17, 15) is 0 Å². The largest absolute Gasteiger partial charge is 0.497 e. The van der Waals surface area contributed by atoms with Gasteiger partial charge in [0.15, 0.2) is 0 Å². The Morgan fingerprint density at radius 1 is 0.966 bits per heavy atom. The third-order valence-electron chi connectivity index (χ3n) is 4.69. The molecule has 0 saturated carbocycles. The molecule has 6 heteroatoms. The van der Waals surface area contributed by atoms with Crippen molar-refractivity contribution in [1.82, 2.24) is 4.68 Å². The number of benzene rings is 3. The van der Waals surface area contributed by atoms with Crippen LogP contribution in [0.4, 0.5) is 0 Å². The van der Waals surface area contributed by atoms with Crippen LogP contribution in [0.2, 0.25) is 0 Å². The molecule has 5 nitrogen and oxygen atoms in total. The zero-order chi connectivity index (χ0) is 20.2. The predicted molar refractivity (Wildman–Crippen MR) is 119 cm³/mol. The summed E-state index contributed by atoms with van der Waals surface area (Å²) >= 11 is 1.53. The number of thiazole rings is 1. The van der Waals surface area contributed by atoms with E-state index in [4.69, 9.17) is 14.6 Å². The van der Waals surface area contributed by atoms with Crippen molar-refractivity contribution in [3.05, 3.63) is 76.4 Å². The van der Waals surface area contributed by atoms with Gasteiger partial charge in [0.2, 0.25) is 4.80 Å². The first-order valence-corrected chi connectivity index (χ1v) is 10.0. The highest BCUT2D eigenvalue weighted by Crippen LogP contribution is 2.33. The maximum atomic E-state index is 5.57. The number of rotatable bonds is 5. The Labute approximate surface area is 173 Å². The van der Waals surface area contributed by atoms with E-state index in [1.165, 1.54) is 16.7 Å². The smallest absolute Gasteiger partial charge is 0.205 e. The number of fused-ring (bicyclic) bond motifs is 1. The number of ether oxygens (including phenoxy) is 2. The van der Waals surface area contributed by atoms with E-state index < -0.39 is 0 Å². The lowest BCUT2D eigenvalue weighted by atomic mass is 10.1. The van der Waals surface area contributed by atoms with Crippen molar-refractivity contribution in [3.63, 3.8) is 0 Å². The van der Waals surface area contributed by atoms with Gasteiger partial charge in [-0.3, -0.25) is 4.99 Å². The monoisotopic (exact) mass is 403 g/mol. The van der Waals surface area contributed by atoms with E-state index in [2.05, 4.69) is 29.3 Å². The Balaban J connectivity index is 1.86. The lowest BCUT2D eigenvalue weighted by Gasteiger charge is -2.11. The van der Waals surface area contributed by atoms with Gasteiger partial charge in [-0.1, -0.05) is 42.5 Å². The highest BCUT2D eigenvalue weighted by atomic mass is 32.1. The first-order valence-electron chi connectivity index (χ1n) is 9.13. The molecule has 0 aliphatic heterocycles. The molecule has 146 valence electrons. The van der Waals surface area contributed by atoms with Crippen molar-refractivity contribution in [2.75, 3.05) is 21.3 Å². The minimum atomic E-state index is 0.750. The molecule has 0 amide bonds. The Kier molecular flexibility index (Phi) is 5.44. The molecule has 0 aliphatic carbocycles. The molecule has 1 heterocycles. The van der Waals surface area contributed by atoms with Crippen molar-refractivity contribution in [2.45, 2.75) is 0 Å². The second kappa shape index (κ2) is 8.32. The predicted octanol–water partition coefficient (Wildman–Crippen LogP) is 4.80. The lowest BCUT2D eigenvalue weighted by Crippen LogP contribution is -2.12. The summed E-state index contributed by atoms with van der Waals surface area (Å²) in [6, 6.07) is 20.2. The van der Waals surface area contributed by atoms with Crippen LogP contribution in [0.3, 0.4) is 0 Å². The topological polar surface area (TPSA) is 48.1 Å². The van der Waals surface area contributed by atoms with Crippen molar-refractivity contribution < 1.29 is 9.47 Å². The standard InChI is InChI=1S/C23H21N3O2S/c1-24-23-26(25-14-17-9-6-8-16-7-4-5-10-19(16)17)21(15-29-23)20-13-18(27-2)11-12-22(20)28-3/h4-15H,1-3H3. The minimum absolute atomic E-state index is 0.750.